The maximum absolute atomic E-state index is 4.61. The van der Waals surface area contributed by atoms with Crippen molar-refractivity contribution in [3.63, 3.8) is 0 Å². The second-order valence-electron chi connectivity index (χ2n) is 7.84. The molecular weight excluding hydrogens is 372 g/mol. The highest BCUT2D eigenvalue weighted by atomic mass is 32.2. The summed E-state index contributed by atoms with van der Waals surface area (Å²) in [6.45, 7) is 2.39. The SMILES string of the molecule is CC(C1CC2CCC1C2)n1c(SCc2ccccn2)nnc1-c1cccs1. The van der Waals surface area contributed by atoms with Crippen molar-refractivity contribution in [2.45, 2.75) is 49.6 Å². The highest BCUT2D eigenvalue weighted by Crippen LogP contribution is 2.53. The smallest absolute Gasteiger partial charge is 0.192 e. The van der Waals surface area contributed by atoms with Gasteiger partial charge in [-0.3, -0.25) is 9.55 Å². The lowest BCUT2D eigenvalue weighted by molar-refractivity contribution is 0.235. The zero-order chi connectivity index (χ0) is 18.2. The van der Waals surface area contributed by atoms with Gasteiger partial charge in [0, 0.05) is 18.0 Å². The highest BCUT2D eigenvalue weighted by Gasteiger charge is 2.43. The summed E-state index contributed by atoms with van der Waals surface area (Å²) in [6.07, 6.45) is 7.51. The molecule has 5 rings (SSSR count). The van der Waals surface area contributed by atoms with Crippen LogP contribution in [0.3, 0.4) is 0 Å². The van der Waals surface area contributed by atoms with Crippen LogP contribution in [-0.2, 0) is 5.75 Å². The van der Waals surface area contributed by atoms with Crippen LogP contribution in [0.15, 0.2) is 47.1 Å². The van der Waals surface area contributed by atoms with Gasteiger partial charge >= 0.3 is 0 Å². The van der Waals surface area contributed by atoms with E-state index in [-0.39, 0.29) is 0 Å². The normalized spacial score (nSPS) is 25.1. The lowest BCUT2D eigenvalue weighted by atomic mass is 9.84. The first-order valence-corrected chi connectivity index (χ1v) is 11.7. The van der Waals surface area contributed by atoms with E-state index in [0.29, 0.717) is 6.04 Å². The van der Waals surface area contributed by atoms with Crippen molar-refractivity contribution in [1.82, 2.24) is 19.7 Å². The minimum Gasteiger partial charge on any atom is -0.298 e. The summed E-state index contributed by atoms with van der Waals surface area (Å²) < 4.78 is 2.42. The molecule has 2 aliphatic rings. The van der Waals surface area contributed by atoms with Crippen molar-refractivity contribution in [3.05, 3.63) is 47.6 Å². The first-order valence-electron chi connectivity index (χ1n) is 9.81. The topological polar surface area (TPSA) is 43.6 Å². The Balaban J connectivity index is 1.46. The molecule has 4 atom stereocenters. The van der Waals surface area contributed by atoms with Gasteiger partial charge in [0.2, 0.25) is 0 Å². The van der Waals surface area contributed by atoms with Crippen molar-refractivity contribution in [2.24, 2.45) is 17.8 Å². The van der Waals surface area contributed by atoms with Crippen LogP contribution < -0.4 is 0 Å². The van der Waals surface area contributed by atoms with Crippen LogP contribution in [0.2, 0.25) is 0 Å². The molecule has 0 aliphatic heterocycles. The summed E-state index contributed by atoms with van der Waals surface area (Å²) in [5.41, 5.74) is 1.09. The number of nitrogens with zero attached hydrogens (tertiary/aromatic N) is 4. The molecule has 0 radical (unpaired) electrons. The number of thioether (sulfide) groups is 1. The molecule has 4 nitrogen and oxygen atoms in total. The van der Waals surface area contributed by atoms with Crippen LogP contribution in [0.4, 0.5) is 0 Å². The maximum Gasteiger partial charge on any atom is 0.192 e. The Kier molecular flexibility index (Phi) is 4.78. The maximum atomic E-state index is 4.61. The predicted molar refractivity (Wildman–Crippen MR) is 111 cm³/mol. The Morgan fingerprint density at radius 1 is 1.19 bits per heavy atom. The summed E-state index contributed by atoms with van der Waals surface area (Å²) in [5, 5.41) is 12.4. The average molecular weight is 397 g/mol. The van der Waals surface area contributed by atoms with E-state index in [9.17, 15) is 0 Å². The Hall–Kier alpha value is -1.66. The Labute approximate surface area is 168 Å². The van der Waals surface area contributed by atoms with E-state index in [1.54, 1.807) is 23.1 Å². The van der Waals surface area contributed by atoms with Crippen LogP contribution in [0.25, 0.3) is 10.7 Å². The summed E-state index contributed by atoms with van der Waals surface area (Å²) in [7, 11) is 0. The molecule has 0 aromatic carbocycles. The van der Waals surface area contributed by atoms with Gasteiger partial charge in [0.15, 0.2) is 11.0 Å². The lowest BCUT2D eigenvalue weighted by Gasteiger charge is -2.30. The molecule has 0 amide bonds. The van der Waals surface area contributed by atoms with E-state index in [2.05, 4.69) is 50.3 Å². The molecule has 3 aromatic heterocycles. The minimum atomic E-state index is 0.443. The fourth-order valence-corrected chi connectivity index (χ4v) is 6.66. The third-order valence-electron chi connectivity index (χ3n) is 6.30. The molecule has 3 heterocycles. The van der Waals surface area contributed by atoms with Crippen molar-refractivity contribution in [1.29, 1.82) is 0 Å². The molecule has 2 saturated carbocycles. The van der Waals surface area contributed by atoms with E-state index in [1.165, 1.54) is 30.6 Å². The monoisotopic (exact) mass is 396 g/mol. The molecule has 2 aliphatic carbocycles. The number of fused-ring (bicyclic) bond motifs is 2. The molecule has 0 N–H and O–H groups in total. The van der Waals surface area contributed by atoms with Gasteiger partial charge in [0.25, 0.3) is 0 Å². The zero-order valence-electron chi connectivity index (χ0n) is 15.5. The molecule has 0 spiro atoms. The molecule has 2 bridgehead atoms. The molecule has 4 unspecified atom stereocenters. The van der Waals surface area contributed by atoms with E-state index >= 15 is 0 Å². The largest absolute Gasteiger partial charge is 0.298 e. The first kappa shape index (κ1) is 17.4. The summed E-state index contributed by atoms with van der Waals surface area (Å²) >= 11 is 3.51. The molecule has 6 heteroatoms. The number of hydrogen-bond acceptors (Lipinski definition) is 5. The molecule has 140 valence electrons. The minimum absolute atomic E-state index is 0.443. The fraction of sp³-hybridized carbons (Fsp3) is 0.476. The Morgan fingerprint density at radius 3 is 2.85 bits per heavy atom. The summed E-state index contributed by atoms with van der Waals surface area (Å²) in [4.78, 5) is 5.67. The van der Waals surface area contributed by atoms with Crippen LogP contribution in [-0.4, -0.2) is 19.7 Å². The first-order chi connectivity index (χ1) is 13.3. The van der Waals surface area contributed by atoms with Gasteiger partial charge in [-0.25, -0.2) is 0 Å². The van der Waals surface area contributed by atoms with Crippen molar-refractivity contribution >= 4 is 23.1 Å². The van der Waals surface area contributed by atoms with Crippen molar-refractivity contribution < 1.29 is 0 Å². The summed E-state index contributed by atoms with van der Waals surface area (Å²) in [6, 6.07) is 10.8. The third-order valence-corrected chi connectivity index (χ3v) is 8.14. The third kappa shape index (κ3) is 3.34. The lowest BCUT2D eigenvalue weighted by Crippen LogP contribution is -2.23. The van der Waals surface area contributed by atoms with Crippen molar-refractivity contribution in [2.75, 3.05) is 0 Å². The molecule has 0 saturated heterocycles. The number of pyridine rings is 1. The fourth-order valence-electron chi connectivity index (χ4n) is 5.01. The predicted octanol–water partition coefficient (Wildman–Crippen LogP) is 5.69. The zero-order valence-corrected chi connectivity index (χ0v) is 17.1. The Bertz CT molecular complexity index is 890. The highest BCUT2D eigenvalue weighted by molar-refractivity contribution is 7.98. The van der Waals surface area contributed by atoms with Gasteiger partial charge in [-0.1, -0.05) is 30.3 Å². The molecule has 3 aromatic rings. The van der Waals surface area contributed by atoms with Crippen LogP contribution in [0.5, 0.6) is 0 Å². The average Bonchev–Trinajstić information content (AvgIpc) is 3.50. The number of rotatable bonds is 6. The quantitative estimate of drug-likeness (QED) is 0.502. The second-order valence-corrected chi connectivity index (χ2v) is 9.73. The molecule has 27 heavy (non-hydrogen) atoms. The van der Waals surface area contributed by atoms with Gasteiger partial charge in [0.1, 0.15) is 0 Å². The second kappa shape index (κ2) is 7.40. The standard InChI is InChI=1S/C21H24N4S2/c1-14(18-12-15-7-8-16(18)11-15)25-20(19-6-4-10-26-19)23-24-21(25)27-13-17-5-2-3-9-22-17/h2-6,9-10,14-16,18H,7-8,11-13H2,1H3. The van der Waals surface area contributed by atoms with Gasteiger partial charge in [-0.15, -0.1) is 21.5 Å². The molecule has 2 fully saturated rings. The van der Waals surface area contributed by atoms with Crippen LogP contribution in [0.1, 0.15) is 44.3 Å². The van der Waals surface area contributed by atoms with Crippen molar-refractivity contribution in [3.8, 4) is 10.7 Å². The van der Waals surface area contributed by atoms with E-state index < -0.39 is 0 Å². The number of hydrogen-bond donors (Lipinski definition) is 0. The van der Waals surface area contributed by atoms with Gasteiger partial charge in [-0.05, 0) is 67.5 Å². The van der Waals surface area contributed by atoms with Gasteiger partial charge in [0.05, 0.1) is 10.6 Å². The van der Waals surface area contributed by atoms with E-state index in [1.807, 2.05) is 18.3 Å². The summed E-state index contributed by atoms with van der Waals surface area (Å²) in [5.74, 6) is 4.45. The number of thiophene rings is 1. The van der Waals surface area contributed by atoms with Gasteiger partial charge < -0.3 is 0 Å². The molecular formula is C21H24N4S2. The van der Waals surface area contributed by atoms with Crippen LogP contribution >= 0.6 is 23.1 Å². The van der Waals surface area contributed by atoms with Gasteiger partial charge in [-0.2, -0.15) is 0 Å². The van der Waals surface area contributed by atoms with E-state index in [0.717, 1.165) is 40.2 Å². The van der Waals surface area contributed by atoms with Crippen LogP contribution in [0, 0.1) is 17.8 Å². The number of aromatic nitrogens is 4. The Morgan fingerprint density at radius 2 is 2.15 bits per heavy atom. The van der Waals surface area contributed by atoms with E-state index in [4.69, 9.17) is 0 Å².